The molecule has 11 heteroatoms. The van der Waals surface area contributed by atoms with Crippen molar-refractivity contribution in [2.45, 2.75) is 4.90 Å². The van der Waals surface area contributed by atoms with Crippen LogP contribution < -0.4 is 5.32 Å². The Balaban J connectivity index is 1.47. The molecule has 0 aliphatic carbocycles. The minimum Gasteiger partial charge on any atom is -0.456 e. The van der Waals surface area contributed by atoms with Crippen LogP contribution in [0.5, 0.6) is 0 Å². The molecule has 4 rings (SSSR count). The van der Waals surface area contributed by atoms with Crippen LogP contribution in [0.2, 0.25) is 0 Å². The summed E-state index contributed by atoms with van der Waals surface area (Å²) >= 11 is 2.22. The first-order valence-corrected chi connectivity index (χ1v) is 11.9. The number of nitro benzene ring substituents is 1. The second kappa shape index (κ2) is 9.98. The van der Waals surface area contributed by atoms with Gasteiger partial charge >= 0.3 is 0 Å². The number of amides is 3. The molecule has 2 aromatic carbocycles. The van der Waals surface area contributed by atoms with Crippen LogP contribution in [0.25, 0.3) is 17.4 Å². The van der Waals surface area contributed by atoms with Gasteiger partial charge in [-0.1, -0.05) is 18.2 Å². The fourth-order valence-electron chi connectivity index (χ4n) is 3.23. The fraction of sp³-hybridized carbons (Fsp3) is 0.0870. The Morgan fingerprint density at radius 2 is 1.97 bits per heavy atom. The second-order valence-corrected chi connectivity index (χ2v) is 8.90. The molecule has 0 bridgehead atoms. The first-order chi connectivity index (χ1) is 16.4. The molecular weight excluding hydrogens is 478 g/mol. The Bertz CT molecular complexity index is 1330. The molecule has 1 aliphatic rings. The third-order valence-corrected chi connectivity index (χ3v) is 6.43. The number of carbonyl (C=O) groups is 3. The number of nitrogens with one attached hydrogen (secondary N) is 1. The van der Waals surface area contributed by atoms with Crippen LogP contribution in [-0.2, 0) is 9.59 Å². The van der Waals surface area contributed by atoms with Crippen molar-refractivity contribution in [1.29, 1.82) is 0 Å². The van der Waals surface area contributed by atoms with Crippen molar-refractivity contribution in [1.82, 2.24) is 4.90 Å². The van der Waals surface area contributed by atoms with Crippen LogP contribution in [0.3, 0.4) is 0 Å². The number of carbonyl (C=O) groups excluding carboxylic acids is 3. The van der Waals surface area contributed by atoms with Gasteiger partial charge in [-0.2, -0.15) is 0 Å². The molecule has 9 nitrogen and oxygen atoms in total. The summed E-state index contributed by atoms with van der Waals surface area (Å²) in [5, 5.41) is 13.4. The van der Waals surface area contributed by atoms with Gasteiger partial charge in [0, 0.05) is 22.7 Å². The van der Waals surface area contributed by atoms with Gasteiger partial charge in [0.25, 0.3) is 16.8 Å². The Morgan fingerprint density at radius 3 is 2.74 bits per heavy atom. The average molecular weight is 496 g/mol. The molecule has 0 spiro atoms. The van der Waals surface area contributed by atoms with Gasteiger partial charge in [-0.3, -0.25) is 29.4 Å². The van der Waals surface area contributed by atoms with Crippen LogP contribution in [0.1, 0.15) is 5.76 Å². The zero-order valence-corrected chi connectivity index (χ0v) is 19.4. The van der Waals surface area contributed by atoms with E-state index in [1.807, 2.05) is 12.3 Å². The van der Waals surface area contributed by atoms with Gasteiger partial charge in [-0.05, 0) is 54.4 Å². The molecule has 1 saturated heterocycles. The first kappa shape index (κ1) is 23.3. The van der Waals surface area contributed by atoms with Crippen molar-refractivity contribution in [3.8, 4) is 11.3 Å². The fourth-order valence-corrected chi connectivity index (χ4v) is 4.50. The summed E-state index contributed by atoms with van der Waals surface area (Å²) in [6.45, 7) is -0.425. The lowest BCUT2D eigenvalue weighted by Crippen LogP contribution is -2.36. The minimum absolute atomic E-state index is 0.0886. The summed E-state index contributed by atoms with van der Waals surface area (Å²) in [6.07, 6.45) is 3.29. The van der Waals surface area contributed by atoms with Crippen molar-refractivity contribution < 1.29 is 23.7 Å². The largest absolute Gasteiger partial charge is 0.456 e. The highest BCUT2D eigenvalue weighted by atomic mass is 32.2. The molecule has 1 aliphatic heterocycles. The van der Waals surface area contributed by atoms with Crippen molar-refractivity contribution in [2.24, 2.45) is 0 Å². The number of benzene rings is 2. The van der Waals surface area contributed by atoms with E-state index in [-0.39, 0.29) is 22.1 Å². The monoisotopic (exact) mass is 495 g/mol. The maximum absolute atomic E-state index is 12.7. The molecule has 1 fully saturated rings. The quantitative estimate of drug-likeness (QED) is 0.204. The lowest BCUT2D eigenvalue weighted by Gasteiger charge is -2.12. The highest BCUT2D eigenvalue weighted by molar-refractivity contribution is 8.18. The van der Waals surface area contributed by atoms with Crippen LogP contribution in [0, 0.1) is 10.1 Å². The number of hydrogen-bond donors (Lipinski definition) is 1. The minimum atomic E-state index is -0.619. The molecule has 2 heterocycles. The number of furan rings is 1. The van der Waals surface area contributed by atoms with E-state index in [0.717, 1.165) is 9.80 Å². The smallest absolute Gasteiger partial charge is 0.294 e. The van der Waals surface area contributed by atoms with E-state index in [0.29, 0.717) is 23.0 Å². The average Bonchev–Trinajstić information content (AvgIpc) is 3.39. The number of nitrogens with zero attached hydrogens (tertiary/aromatic N) is 2. The van der Waals surface area contributed by atoms with Crippen molar-refractivity contribution in [3.05, 3.63) is 81.4 Å². The van der Waals surface area contributed by atoms with Crippen molar-refractivity contribution in [3.63, 3.8) is 0 Å². The lowest BCUT2D eigenvalue weighted by molar-refractivity contribution is -0.384. The van der Waals surface area contributed by atoms with E-state index in [4.69, 9.17) is 4.42 Å². The molecule has 0 unspecified atom stereocenters. The maximum Gasteiger partial charge on any atom is 0.294 e. The Morgan fingerprint density at radius 1 is 1.18 bits per heavy atom. The predicted octanol–water partition coefficient (Wildman–Crippen LogP) is 5.25. The summed E-state index contributed by atoms with van der Waals surface area (Å²) in [7, 11) is 0. The van der Waals surface area contributed by atoms with Crippen LogP contribution in [0.15, 0.2) is 74.9 Å². The zero-order chi connectivity index (χ0) is 24.2. The van der Waals surface area contributed by atoms with E-state index in [1.165, 1.54) is 23.9 Å². The summed E-state index contributed by atoms with van der Waals surface area (Å²) in [5.41, 5.74) is 0.748. The summed E-state index contributed by atoms with van der Waals surface area (Å²) in [6, 6.07) is 16.4. The van der Waals surface area contributed by atoms with Gasteiger partial charge in [0.1, 0.15) is 18.1 Å². The Hall–Kier alpha value is -3.83. The van der Waals surface area contributed by atoms with E-state index in [1.54, 1.807) is 48.5 Å². The molecule has 3 aromatic rings. The maximum atomic E-state index is 12.7. The molecule has 1 aromatic heterocycles. The van der Waals surface area contributed by atoms with Gasteiger partial charge in [-0.15, -0.1) is 11.8 Å². The van der Waals surface area contributed by atoms with Crippen molar-refractivity contribution >= 4 is 58.0 Å². The molecule has 0 saturated carbocycles. The third kappa shape index (κ3) is 5.05. The van der Waals surface area contributed by atoms with E-state index < -0.39 is 28.5 Å². The Kier molecular flexibility index (Phi) is 6.85. The first-order valence-electron chi connectivity index (χ1n) is 9.88. The predicted molar refractivity (Wildman–Crippen MR) is 130 cm³/mol. The van der Waals surface area contributed by atoms with E-state index in [2.05, 4.69) is 5.32 Å². The lowest BCUT2D eigenvalue weighted by atomic mass is 10.1. The summed E-state index contributed by atoms with van der Waals surface area (Å²) in [5.74, 6) is -0.619. The molecular formula is C23H17N3O6S2. The van der Waals surface area contributed by atoms with Crippen molar-refractivity contribution in [2.75, 3.05) is 18.1 Å². The third-order valence-electron chi connectivity index (χ3n) is 4.80. The standard InChI is InChI=1S/C23H17N3O6S2/c1-33-16-6-4-5-14(11-16)24-21(27)13-25-22(28)20(34-23(25)29)12-15-9-10-19(32-15)17-7-2-3-8-18(17)26(30)31/h2-12H,13H2,1H3,(H,24,27)/b20-12+. The number of para-hydroxylation sites is 1. The van der Waals surface area contributed by atoms with E-state index in [9.17, 15) is 24.5 Å². The number of rotatable bonds is 7. The number of nitro groups is 1. The molecule has 3 amide bonds. The topological polar surface area (TPSA) is 123 Å². The Labute approximate surface area is 202 Å². The van der Waals surface area contributed by atoms with Crippen LogP contribution in [0.4, 0.5) is 16.2 Å². The normalized spacial score (nSPS) is 14.6. The summed E-state index contributed by atoms with van der Waals surface area (Å²) < 4.78 is 5.67. The zero-order valence-electron chi connectivity index (χ0n) is 17.7. The molecule has 0 radical (unpaired) electrons. The number of anilines is 1. The van der Waals surface area contributed by atoms with Gasteiger partial charge in [0.2, 0.25) is 5.91 Å². The molecule has 34 heavy (non-hydrogen) atoms. The van der Waals surface area contributed by atoms with Gasteiger partial charge in [0.15, 0.2) is 0 Å². The van der Waals surface area contributed by atoms with Crippen LogP contribution in [-0.4, -0.2) is 39.7 Å². The molecule has 1 N–H and O–H groups in total. The van der Waals surface area contributed by atoms with Gasteiger partial charge in [0.05, 0.1) is 15.4 Å². The highest BCUT2D eigenvalue weighted by Gasteiger charge is 2.36. The summed E-state index contributed by atoms with van der Waals surface area (Å²) in [4.78, 5) is 50.2. The van der Waals surface area contributed by atoms with Crippen LogP contribution >= 0.6 is 23.5 Å². The highest BCUT2D eigenvalue weighted by Crippen LogP contribution is 2.35. The van der Waals surface area contributed by atoms with Gasteiger partial charge in [-0.25, -0.2) is 0 Å². The number of imide groups is 1. The van der Waals surface area contributed by atoms with E-state index >= 15 is 0 Å². The van der Waals surface area contributed by atoms with Gasteiger partial charge < -0.3 is 9.73 Å². The number of hydrogen-bond acceptors (Lipinski definition) is 8. The SMILES string of the molecule is CSc1cccc(NC(=O)CN2C(=O)S/C(=C/c3ccc(-c4ccccc4[N+](=O)[O-])o3)C2=O)c1. The molecule has 0 atom stereocenters. The number of thioether (sulfide) groups is 2. The second-order valence-electron chi connectivity index (χ2n) is 7.02. The molecule has 172 valence electrons.